The molecule has 0 unspecified atom stereocenters. The van der Waals surface area contributed by atoms with Gasteiger partial charge in [0.25, 0.3) is 5.91 Å². The lowest BCUT2D eigenvalue weighted by molar-refractivity contribution is -0.182. The maximum atomic E-state index is 12.4. The summed E-state index contributed by atoms with van der Waals surface area (Å²) >= 11 is 5.79. The highest BCUT2D eigenvalue weighted by Gasteiger charge is 2.31. The summed E-state index contributed by atoms with van der Waals surface area (Å²) in [4.78, 5) is 12.4. The first-order chi connectivity index (χ1) is 11.1. The summed E-state index contributed by atoms with van der Waals surface area (Å²) in [5.74, 6) is -0.391. The fourth-order valence-corrected chi connectivity index (χ4v) is 1.88. The molecule has 0 aliphatic rings. The lowest BCUT2D eigenvalue weighted by Crippen LogP contribution is -2.40. The van der Waals surface area contributed by atoms with Crippen LogP contribution in [0.3, 0.4) is 0 Å². The summed E-state index contributed by atoms with van der Waals surface area (Å²) in [6.07, 6.45) is 1.18. The molecule has 0 radical (unpaired) electrons. The van der Waals surface area contributed by atoms with Crippen molar-refractivity contribution in [2.24, 2.45) is 0 Å². The number of carbonyl (C=O) groups is 1. The number of rotatable bonds is 6. The van der Waals surface area contributed by atoms with Crippen LogP contribution in [0.4, 0.5) is 18.9 Å². The smallest absolute Gasteiger partial charge is 0.350 e. The van der Waals surface area contributed by atoms with Crippen molar-refractivity contribution >= 4 is 23.2 Å². The standard InChI is InChI=1S/C13H15ClF3N5O2/c1-12(2,22-5-9(14)3-19-22)11(23)20-10-4-18-21(6-10)8-24-7-13(15,16)17/h3-6H,7-8H2,1-2H3,(H,20,23). The quantitative estimate of drug-likeness (QED) is 0.854. The van der Waals surface area contributed by atoms with Crippen LogP contribution in [0.25, 0.3) is 0 Å². The highest BCUT2D eigenvalue weighted by molar-refractivity contribution is 6.30. The summed E-state index contributed by atoms with van der Waals surface area (Å²) in [6, 6.07) is 0. The third kappa shape index (κ3) is 4.71. The Hall–Kier alpha value is -2.07. The van der Waals surface area contributed by atoms with Crippen LogP contribution in [-0.4, -0.2) is 38.3 Å². The predicted octanol–water partition coefficient (Wildman–Crippen LogP) is 2.64. The van der Waals surface area contributed by atoms with Crippen molar-refractivity contribution in [2.45, 2.75) is 32.3 Å². The highest BCUT2D eigenvalue weighted by atomic mass is 35.5. The molecular formula is C13H15ClF3N5O2. The van der Waals surface area contributed by atoms with Gasteiger partial charge in [0, 0.05) is 6.20 Å². The molecule has 11 heteroatoms. The van der Waals surface area contributed by atoms with Gasteiger partial charge in [-0.1, -0.05) is 11.6 Å². The Morgan fingerprint density at radius 3 is 2.58 bits per heavy atom. The second kappa shape index (κ2) is 6.81. The van der Waals surface area contributed by atoms with E-state index in [0.717, 1.165) is 4.68 Å². The zero-order chi connectivity index (χ0) is 18.0. The number of nitrogens with zero attached hydrogens (tertiary/aromatic N) is 4. The van der Waals surface area contributed by atoms with Crippen LogP contribution in [0.1, 0.15) is 13.8 Å². The third-order valence-electron chi connectivity index (χ3n) is 3.06. The van der Waals surface area contributed by atoms with Crippen LogP contribution in [0.15, 0.2) is 24.8 Å². The largest absolute Gasteiger partial charge is 0.411 e. The Labute approximate surface area is 140 Å². The molecule has 0 aromatic carbocycles. The molecule has 1 amide bonds. The highest BCUT2D eigenvalue weighted by Crippen LogP contribution is 2.20. The lowest BCUT2D eigenvalue weighted by atomic mass is 10.1. The molecule has 0 saturated carbocycles. The van der Waals surface area contributed by atoms with Crippen LogP contribution in [0.2, 0.25) is 5.02 Å². The number of aromatic nitrogens is 4. The SMILES string of the molecule is CC(C)(C(=O)Nc1cnn(COCC(F)(F)F)c1)n1cc(Cl)cn1. The van der Waals surface area contributed by atoms with Crippen LogP contribution in [0.5, 0.6) is 0 Å². The third-order valence-corrected chi connectivity index (χ3v) is 3.26. The van der Waals surface area contributed by atoms with E-state index in [2.05, 4.69) is 20.3 Å². The number of anilines is 1. The molecule has 2 aromatic rings. The number of ether oxygens (including phenoxy) is 1. The van der Waals surface area contributed by atoms with Gasteiger partial charge >= 0.3 is 6.18 Å². The minimum atomic E-state index is -4.40. The van der Waals surface area contributed by atoms with Crippen molar-refractivity contribution in [3.63, 3.8) is 0 Å². The summed E-state index contributed by atoms with van der Waals surface area (Å²) in [7, 11) is 0. The molecule has 2 aromatic heterocycles. The molecular weight excluding hydrogens is 351 g/mol. The van der Waals surface area contributed by atoms with Gasteiger partial charge in [-0.25, -0.2) is 4.68 Å². The van der Waals surface area contributed by atoms with Crippen molar-refractivity contribution < 1.29 is 22.7 Å². The molecule has 0 aliphatic heterocycles. The van der Waals surface area contributed by atoms with E-state index >= 15 is 0 Å². The molecule has 2 rings (SSSR count). The number of halogens is 4. The maximum Gasteiger partial charge on any atom is 0.411 e. The zero-order valence-electron chi connectivity index (χ0n) is 12.8. The predicted molar refractivity (Wildman–Crippen MR) is 79.4 cm³/mol. The van der Waals surface area contributed by atoms with Gasteiger partial charge in [0.2, 0.25) is 0 Å². The Morgan fingerprint density at radius 1 is 1.29 bits per heavy atom. The van der Waals surface area contributed by atoms with E-state index in [1.807, 2.05) is 0 Å². The Balaban J connectivity index is 1.95. The molecule has 0 fully saturated rings. The molecule has 24 heavy (non-hydrogen) atoms. The molecule has 132 valence electrons. The average Bonchev–Trinajstić information content (AvgIpc) is 3.07. The van der Waals surface area contributed by atoms with E-state index in [1.54, 1.807) is 13.8 Å². The number of amides is 1. The van der Waals surface area contributed by atoms with Crippen molar-refractivity contribution in [3.05, 3.63) is 29.8 Å². The minimum Gasteiger partial charge on any atom is -0.350 e. The fourth-order valence-electron chi connectivity index (χ4n) is 1.75. The van der Waals surface area contributed by atoms with E-state index in [9.17, 15) is 18.0 Å². The number of nitrogens with one attached hydrogen (secondary N) is 1. The topological polar surface area (TPSA) is 74.0 Å². The zero-order valence-corrected chi connectivity index (χ0v) is 13.6. The van der Waals surface area contributed by atoms with Crippen molar-refractivity contribution in [1.82, 2.24) is 19.6 Å². The van der Waals surface area contributed by atoms with Crippen molar-refractivity contribution in [2.75, 3.05) is 11.9 Å². The number of hydrogen-bond acceptors (Lipinski definition) is 4. The first kappa shape index (κ1) is 18.3. The second-order valence-electron chi connectivity index (χ2n) is 5.48. The molecule has 0 aliphatic carbocycles. The lowest BCUT2D eigenvalue weighted by Gasteiger charge is -2.23. The Kier molecular flexibility index (Phi) is 5.19. The normalized spacial score (nSPS) is 12.4. The maximum absolute atomic E-state index is 12.4. The molecule has 2 heterocycles. The van der Waals surface area contributed by atoms with Gasteiger partial charge in [0.1, 0.15) is 18.9 Å². The van der Waals surface area contributed by atoms with E-state index in [-0.39, 0.29) is 6.73 Å². The number of hydrogen-bond donors (Lipinski definition) is 1. The summed E-state index contributed by atoms with van der Waals surface area (Å²) in [5, 5.41) is 10.8. The van der Waals surface area contributed by atoms with Gasteiger partial charge in [-0.3, -0.25) is 9.48 Å². The van der Waals surface area contributed by atoms with Gasteiger partial charge < -0.3 is 10.1 Å². The molecule has 0 atom stereocenters. The van der Waals surface area contributed by atoms with Gasteiger partial charge in [0.05, 0.1) is 29.3 Å². The summed E-state index contributed by atoms with van der Waals surface area (Å²) in [5.41, 5.74) is -0.705. The first-order valence-electron chi connectivity index (χ1n) is 6.77. The minimum absolute atomic E-state index is 0.321. The summed E-state index contributed by atoms with van der Waals surface area (Å²) < 4.78 is 43.0. The molecule has 0 bridgehead atoms. The molecule has 0 saturated heterocycles. The monoisotopic (exact) mass is 365 g/mol. The van der Waals surface area contributed by atoms with Gasteiger partial charge in [0.15, 0.2) is 0 Å². The molecule has 0 spiro atoms. The van der Waals surface area contributed by atoms with Crippen LogP contribution < -0.4 is 5.32 Å². The van der Waals surface area contributed by atoms with Gasteiger partial charge in [-0.2, -0.15) is 23.4 Å². The van der Waals surface area contributed by atoms with Crippen LogP contribution >= 0.6 is 11.6 Å². The second-order valence-corrected chi connectivity index (χ2v) is 5.91. The fraction of sp³-hybridized carbons (Fsp3) is 0.462. The molecule has 7 nitrogen and oxygen atoms in total. The Morgan fingerprint density at radius 2 is 2.00 bits per heavy atom. The van der Waals surface area contributed by atoms with Crippen LogP contribution in [0, 0.1) is 0 Å². The van der Waals surface area contributed by atoms with E-state index in [0.29, 0.717) is 10.7 Å². The van der Waals surface area contributed by atoms with Gasteiger partial charge in [-0.15, -0.1) is 0 Å². The Bertz CT molecular complexity index is 711. The van der Waals surface area contributed by atoms with Crippen molar-refractivity contribution in [3.8, 4) is 0 Å². The van der Waals surface area contributed by atoms with E-state index in [1.165, 1.54) is 29.5 Å². The first-order valence-corrected chi connectivity index (χ1v) is 7.15. The van der Waals surface area contributed by atoms with Gasteiger partial charge in [-0.05, 0) is 13.8 Å². The van der Waals surface area contributed by atoms with Crippen molar-refractivity contribution in [1.29, 1.82) is 0 Å². The van der Waals surface area contributed by atoms with E-state index in [4.69, 9.17) is 11.6 Å². The van der Waals surface area contributed by atoms with Crippen LogP contribution in [-0.2, 0) is 21.8 Å². The average molecular weight is 366 g/mol. The molecule has 1 N–H and O–H groups in total. The number of alkyl halides is 3. The van der Waals surface area contributed by atoms with E-state index < -0.39 is 24.2 Å². The number of carbonyl (C=O) groups excluding carboxylic acids is 1. The summed E-state index contributed by atoms with van der Waals surface area (Å²) in [6.45, 7) is 1.53.